The normalized spacial score (nSPS) is 17.2. The predicted octanol–water partition coefficient (Wildman–Crippen LogP) is 0.597. The zero-order chi connectivity index (χ0) is 15.5. The molecule has 0 aliphatic carbocycles. The van der Waals surface area contributed by atoms with Crippen LogP contribution in [-0.4, -0.2) is 33.8 Å². The highest BCUT2D eigenvalue weighted by Gasteiger charge is 2.35. The molecule has 3 rings (SSSR count). The van der Waals surface area contributed by atoms with Gasteiger partial charge in [-0.1, -0.05) is 29.5 Å². The first-order valence-corrected chi connectivity index (χ1v) is 7.31. The van der Waals surface area contributed by atoms with Crippen molar-refractivity contribution in [3.63, 3.8) is 0 Å². The van der Waals surface area contributed by atoms with E-state index in [1.165, 1.54) is 21.9 Å². The number of carbonyl (C=O) groups excluding carboxylic acids is 2. The lowest BCUT2D eigenvalue weighted by Crippen LogP contribution is -2.39. The van der Waals surface area contributed by atoms with Crippen molar-refractivity contribution in [1.82, 2.24) is 10.2 Å². The predicted molar refractivity (Wildman–Crippen MR) is 82.5 cm³/mol. The van der Waals surface area contributed by atoms with Crippen LogP contribution >= 0.6 is 11.3 Å². The largest absolute Gasteiger partial charge is 0.368 e. The van der Waals surface area contributed by atoms with Crippen molar-refractivity contribution in [2.45, 2.75) is 12.5 Å². The van der Waals surface area contributed by atoms with Crippen LogP contribution in [0.1, 0.15) is 6.42 Å². The fourth-order valence-electron chi connectivity index (χ4n) is 2.08. The Morgan fingerprint density at radius 2 is 2.09 bits per heavy atom. The summed E-state index contributed by atoms with van der Waals surface area (Å²) in [5, 5.41) is 16.0. The van der Waals surface area contributed by atoms with E-state index in [0.29, 0.717) is 10.8 Å². The molecule has 0 spiro atoms. The Kier molecular flexibility index (Phi) is 3.79. The molecule has 3 N–H and O–H groups in total. The summed E-state index contributed by atoms with van der Waals surface area (Å²) in [6.07, 6.45) is 0.148. The summed E-state index contributed by atoms with van der Waals surface area (Å²) in [6, 6.07) is 8.41. The van der Waals surface area contributed by atoms with Gasteiger partial charge in [0.1, 0.15) is 17.3 Å². The standard InChI is InChI=1S/C13H12N6O2S/c14-11(20)10-6-9(12(21)16-13-17-15-7-22-13)18-19(10)8-4-2-1-3-5-8/h1-5,7,10H,6H2,(H2,14,20)(H,16,17,21). The van der Waals surface area contributed by atoms with E-state index in [-0.39, 0.29) is 12.1 Å². The molecule has 1 aliphatic rings. The van der Waals surface area contributed by atoms with E-state index >= 15 is 0 Å². The highest BCUT2D eigenvalue weighted by Crippen LogP contribution is 2.24. The molecule has 0 bridgehead atoms. The van der Waals surface area contributed by atoms with Gasteiger partial charge in [0.05, 0.1) is 5.69 Å². The maximum Gasteiger partial charge on any atom is 0.273 e. The molecule has 112 valence electrons. The van der Waals surface area contributed by atoms with Crippen LogP contribution in [0.5, 0.6) is 0 Å². The van der Waals surface area contributed by atoms with Crippen molar-refractivity contribution < 1.29 is 9.59 Å². The molecule has 1 aliphatic heterocycles. The first-order valence-electron chi connectivity index (χ1n) is 6.44. The zero-order valence-corrected chi connectivity index (χ0v) is 12.2. The second-order valence-corrected chi connectivity index (χ2v) is 5.38. The molecular weight excluding hydrogens is 304 g/mol. The summed E-state index contributed by atoms with van der Waals surface area (Å²) in [6.45, 7) is 0. The minimum absolute atomic E-state index is 0.148. The fourth-order valence-corrected chi connectivity index (χ4v) is 2.52. The second-order valence-electron chi connectivity index (χ2n) is 4.55. The van der Waals surface area contributed by atoms with Crippen molar-refractivity contribution in [2.75, 3.05) is 10.3 Å². The van der Waals surface area contributed by atoms with Gasteiger partial charge < -0.3 is 5.73 Å². The van der Waals surface area contributed by atoms with E-state index in [9.17, 15) is 9.59 Å². The molecular formula is C13H12N6O2S. The van der Waals surface area contributed by atoms with Gasteiger partial charge in [0.25, 0.3) is 5.91 Å². The first-order chi connectivity index (χ1) is 10.6. The Morgan fingerprint density at radius 3 is 2.73 bits per heavy atom. The average Bonchev–Trinajstić information content (AvgIpc) is 3.17. The van der Waals surface area contributed by atoms with Crippen molar-refractivity contribution in [2.24, 2.45) is 10.8 Å². The lowest BCUT2D eigenvalue weighted by atomic mass is 10.1. The molecule has 2 amide bonds. The number of aromatic nitrogens is 2. The summed E-state index contributed by atoms with van der Waals surface area (Å²) in [7, 11) is 0. The molecule has 0 saturated heterocycles. The Hall–Kier alpha value is -2.81. The van der Waals surface area contributed by atoms with Gasteiger partial charge in [0.2, 0.25) is 11.0 Å². The number of anilines is 2. The van der Waals surface area contributed by atoms with Crippen LogP contribution in [0.4, 0.5) is 10.8 Å². The molecule has 22 heavy (non-hydrogen) atoms. The summed E-state index contributed by atoms with van der Waals surface area (Å²) in [5.41, 5.74) is 7.85. The molecule has 0 radical (unpaired) electrons. The SMILES string of the molecule is NC(=O)C1CC(C(=O)Nc2nncs2)=NN1c1ccccc1. The van der Waals surface area contributed by atoms with Gasteiger partial charge >= 0.3 is 0 Å². The van der Waals surface area contributed by atoms with E-state index < -0.39 is 17.9 Å². The molecule has 1 aromatic carbocycles. The van der Waals surface area contributed by atoms with E-state index in [1.807, 2.05) is 18.2 Å². The maximum absolute atomic E-state index is 12.2. The molecule has 8 nitrogen and oxygen atoms in total. The third-order valence-corrected chi connectivity index (χ3v) is 3.71. The number of nitrogens with zero attached hydrogens (tertiary/aromatic N) is 4. The van der Waals surface area contributed by atoms with Gasteiger partial charge in [0, 0.05) is 6.42 Å². The minimum atomic E-state index is -0.683. The Balaban J connectivity index is 1.83. The number of hydrogen-bond acceptors (Lipinski definition) is 7. The van der Waals surface area contributed by atoms with Crippen LogP contribution < -0.4 is 16.1 Å². The number of nitrogens with one attached hydrogen (secondary N) is 1. The number of rotatable bonds is 4. The molecule has 1 aromatic heterocycles. The van der Waals surface area contributed by atoms with Gasteiger partial charge in [-0.2, -0.15) is 5.10 Å². The summed E-state index contributed by atoms with van der Waals surface area (Å²) in [4.78, 5) is 23.8. The Morgan fingerprint density at radius 1 is 1.32 bits per heavy atom. The minimum Gasteiger partial charge on any atom is -0.368 e. The molecule has 0 saturated carbocycles. The van der Waals surface area contributed by atoms with E-state index in [2.05, 4.69) is 20.6 Å². The quantitative estimate of drug-likeness (QED) is 0.857. The van der Waals surface area contributed by atoms with Crippen LogP contribution in [0.25, 0.3) is 0 Å². The van der Waals surface area contributed by atoms with E-state index in [1.54, 1.807) is 12.1 Å². The molecule has 2 heterocycles. The van der Waals surface area contributed by atoms with Crippen LogP contribution in [0.2, 0.25) is 0 Å². The van der Waals surface area contributed by atoms with Gasteiger partial charge in [-0.15, -0.1) is 10.2 Å². The van der Waals surface area contributed by atoms with Crippen LogP contribution in [0, 0.1) is 0 Å². The summed E-state index contributed by atoms with van der Waals surface area (Å²) < 4.78 is 0. The third kappa shape index (κ3) is 2.79. The Labute approximate surface area is 129 Å². The van der Waals surface area contributed by atoms with Gasteiger partial charge in [-0.25, -0.2) is 0 Å². The van der Waals surface area contributed by atoms with Crippen molar-refractivity contribution in [1.29, 1.82) is 0 Å². The van der Waals surface area contributed by atoms with Crippen LogP contribution in [0.15, 0.2) is 40.9 Å². The lowest BCUT2D eigenvalue weighted by molar-refractivity contribution is -0.119. The molecule has 0 fully saturated rings. The van der Waals surface area contributed by atoms with Gasteiger partial charge in [-0.3, -0.25) is 19.9 Å². The monoisotopic (exact) mass is 316 g/mol. The summed E-state index contributed by atoms with van der Waals surface area (Å²) >= 11 is 1.20. The number of benzene rings is 1. The van der Waals surface area contributed by atoms with Gasteiger partial charge in [-0.05, 0) is 12.1 Å². The number of carbonyl (C=O) groups is 2. The van der Waals surface area contributed by atoms with Crippen LogP contribution in [0.3, 0.4) is 0 Å². The number of nitrogens with two attached hydrogens (primary N) is 1. The third-order valence-electron chi connectivity index (χ3n) is 3.10. The highest BCUT2D eigenvalue weighted by molar-refractivity contribution is 7.13. The number of hydrogen-bond donors (Lipinski definition) is 2. The number of amides is 2. The number of primary amides is 1. The van der Waals surface area contributed by atoms with E-state index in [0.717, 1.165) is 0 Å². The van der Waals surface area contributed by atoms with Crippen molar-refractivity contribution in [3.05, 3.63) is 35.8 Å². The van der Waals surface area contributed by atoms with E-state index in [4.69, 9.17) is 5.73 Å². The highest BCUT2D eigenvalue weighted by atomic mass is 32.1. The van der Waals surface area contributed by atoms with Gasteiger partial charge in [0.15, 0.2) is 0 Å². The smallest absolute Gasteiger partial charge is 0.273 e. The topological polar surface area (TPSA) is 114 Å². The first kappa shape index (κ1) is 14.1. The second kappa shape index (κ2) is 5.90. The lowest BCUT2D eigenvalue weighted by Gasteiger charge is -2.20. The molecule has 1 atom stereocenters. The summed E-state index contributed by atoms with van der Waals surface area (Å²) in [5.74, 6) is -0.951. The number of hydrazone groups is 1. The fraction of sp³-hybridized carbons (Fsp3) is 0.154. The molecule has 9 heteroatoms. The van der Waals surface area contributed by atoms with Crippen molar-refractivity contribution >= 4 is 39.7 Å². The van der Waals surface area contributed by atoms with Crippen molar-refractivity contribution in [3.8, 4) is 0 Å². The molecule has 2 aromatic rings. The zero-order valence-electron chi connectivity index (χ0n) is 11.3. The number of para-hydroxylation sites is 1. The Bertz CT molecular complexity index is 715. The van der Waals surface area contributed by atoms with Crippen LogP contribution in [-0.2, 0) is 9.59 Å². The molecule has 1 unspecified atom stereocenters. The average molecular weight is 316 g/mol. The maximum atomic E-state index is 12.2.